The van der Waals surface area contributed by atoms with Gasteiger partial charge in [0, 0.05) is 29.2 Å². The highest BCUT2D eigenvalue weighted by molar-refractivity contribution is 7.11. The maximum atomic E-state index is 9.52. The van der Waals surface area contributed by atoms with Gasteiger partial charge in [0.2, 0.25) is 0 Å². The molecule has 0 saturated carbocycles. The van der Waals surface area contributed by atoms with Crippen molar-refractivity contribution < 1.29 is 0 Å². The Bertz CT molecular complexity index is 822. The van der Waals surface area contributed by atoms with Gasteiger partial charge in [0.1, 0.15) is 16.6 Å². The van der Waals surface area contributed by atoms with Gasteiger partial charge in [-0.1, -0.05) is 29.8 Å². The maximum absolute atomic E-state index is 9.52. The number of nitriles is 1. The van der Waals surface area contributed by atoms with Crippen molar-refractivity contribution in [1.29, 1.82) is 5.26 Å². The van der Waals surface area contributed by atoms with Crippen molar-refractivity contribution in [3.63, 3.8) is 0 Å². The van der Waals surface area contributed by atoms with E-state index in [-0.39, 0.29) is 0 Å². The standard InChI is InChI=1S/C17H12ClN3S/c1-21-9-3-2-4-16(21)14(10-19)17-20-15(11-22-17)12-5-7-13(18)8-6-12/h2-9,11H,1H3. The summed E-state index contributed by atoms with van der Waals surface area (Å²) in [5.41, 5.74) is 3.26. The number of likely N-dealkylation sites (N-methyl/N-ethyl adjacent to an activating group) is 1. The Balaban J connectivity index is 2.01. The second-order valence-corrected chi connectivity index (χ2v) is 6.02. The van der Waals surface area contributed by atoms with Crippen LogP contribution in [0.1, 0.15) is 5.01 Å². The number of nitrogens with zero attached hydrogens (tertiary/aromatic N) is 3. The van der Waals surface area contributed by atoms with Gasteiger partial charge in [0.25, 0.3) is 0 Å². The molecule has 3 rings (SSSR count). The van der Waals surface area contributed by atoms with E-state index in [1.807, 2.05) is 66.0 Å². The predicted molar refractivity (Wildman–Crippen MR) is 91.1 cm³/mol. The SMILES string of the molecule is CN1C=CC=CC1=C(C#N)c1nc(-c2ccc(Cl)cc2)cs1. The van der Waals surface area contributed by atoms with Crippen LogP contribution in [0.25, 0.3) is 16.8 Å². The molecule has 0 radical (unpaired) electrons. The van der Waals surface area contributed by atoms with Gasteiger partial charge in [-0.2, -0.15) is 5.26 Å². The van der Waals surface area contributed by atoms with Crippen LogP contribution in [0.15, 0.2) is 59.8 Å². The van der Waals surface area contributed by atoms with E-state index >= 15 is 0 Å². The van der Waals surface area contributed by atoms with Crippen LogP contribution in [0.4, 0.5) is 0 Å². The third kappa shape index (κ3) is 2.82. The fourth-order valence-corrected chi connectivity index (χ4v) is 3.10. The molecule has 0 unspecified atom stereocenters. The summed E-state index contributed by atoms with van der Waals surface area (Å²) in [4.78, 5) is 6.52. The molecule has 0 bridgehead atoms. The van der Waals surface area contributed by atoms with E-state index in [1.54, 1.807) is 0 Å². The van der Waals surface area contributed by atoms with Crippen molar-refractivity contribution in [2.75, 3.05) is 7.05 Å². The third-order valence-corrected chi connectivity index (χ3v) is 4.39. The zero-order chi connectivity index (χ0) is 15.5. The van der Waals surface area contributed by atoms with E-state index in [0.29, 0.717) is 15.6 Å². The summed E-state index contributed by atoms with van der Waals surface area (Å²) < 4.78 is 0. The molecule has 2 heterocycles. The molecule has 108 valence electrons. The Morgan fingerprint density at radius 1 is 1.27 bits per heavy atom. The monoisotopic (exact) mass is 325 g/mol. The van der Waals surface area contributed by atoms with Crippen LogP contribution in [0.3, 0.4) is 0 Å². The summed E-state index contributed by atoms with van der Waals surface area (Å²) in [6, 6.07) is 9.80. The average molecular weight is 326 g/mol. The summed E-state index contributed by atoms with van der Waals surface area (Å²) in [5, 5.41) is 12.9. The van der Waals surface area contributed by atoms with E-state index in [0.717, 1.165) is 17.0 Å². The zero-order valence-corrected chi connectivity index (χ0v) is 13.4. The number of rotatable bonds is 2. The number of halogens is 1. The Hall–Kier alpha value is -2.35. The molecule has 1 aliphatic rings. The number of hydrogen-bond donors (Lipinski definition) is 0. The molecule has 0 N–H and O–H groups in total. The highest BCUT2D eigenvalue weighted by Crippen LogP contribution is 2.30. The average Bonchev–Trinajstić information content (AvgIpc) is 3.00. The quantitative estimate of drug-likeness (QED) is 0.750. The summed E-state index contributed by atoms with van der Waals surface area (Å²) in [6.45, 7) is 0. The highest BCUT2D eigenvalue weighted by Gasteiger charge is 2.15. The lowest BCUT2D eigenvalue weighted by Gasteiger charge is -2.18. The van der Waals surface area contributed by atoms with E-state index in [2.05, 4.69) is 11.1 Å². The minimum atomic E-state index is 0.577. The van der Waals surface area contributed by atoms with Crippen LogP contribution in [0.2, 0.25) is 5.02 Å². The first-order valence-electron chi connectivity index (χ1n) is 6.63. The van der Waals surface area contributed by atoms with Crippen LogP contribution in [0, 0.1) is 11.3 Å². The Labute approximate surface area is 138 Å². The minimum Gasteiger partial charge on any atom is -0.350 e. The van der Waals surface area contributed by atoms with Gasteiger partial charge in [0.15, 0.2) is 0 Å². The molecule has 0 atom stereocenters. The maximum Gasteiger partial charge on any atom is 0.136 e. The molecule has 0 aliphatic carbocycles. The van der Waals surface area contributed by atoms with Gasteiger partial charge in [-0.3, -0.25) is 0 Å². The van der Waals surface area contributed by atoms with Crippen LogP contribution in [0.5, 0.6) is 0 Å². The summed E-state index contributed by atoms with van der Waals surface area (Å²) in [6.07, 6.45) is 7.68. The van der Waals surface area contributed by atoms with E-state index in [1.165, 1.54) is 11.3 Å². The number of thiazole rings is 1. The first kappa shape index (κ1) is 14.6. The van der Waals surface area contributed by atoms with Gasteiger partial charge < -0.3 is 4.90 Å². The second kappa shape index (κ2) is 6.18. The molecule has 5 heteroatoms. The molecule has 2 aromatic rings. The fourth-order valence-electron chi connectivity index (χ4n) is 2.14. The molecule has 0 amide bonds. The summed E-state index contributed by atoms with van der Waals surface area (Å²) in [7, 11) is 1.92. The van der Waals surface area contributed by atoms with Crippen molar-refractivity contribution >= 4 is 28.5 Å². The summed E-state index contributed by atoms with van der Waals surface area (Å²) >= 11 is 7.37. The lowest BCUT2D eigenvalue weighted by atomic mass is 10.1. The van der Waals surface area contributed by atoms with Crippen molar-refractivity contribution in [2.24, 2.45) is 0 Å². The molecule has 0 fully saturated rings. The zero-order valence-electron chi connectivity index (χ0n) is 11.8. The largest absolute Gasteiger partial charge is 0.350 e. The van der Waals surface area contributed by atoms with Gasteiger partial charge in [-0.15, -0.1) is 11.3 Å². The third-order valence-electron chi connectivity index (χ3n) is 3.28. The van der Waals surface area contributed by atoms with Crippen molar-refractivity contribution in [3.05, 3.63) is 69.8 Å². The molecule has 3 nitrogen and oxygen atoms in total. The Kier molecular flexibility index (Phi) is 4.10. The van der Waals surface area contributed by atoms with Gasteiger partial charge in [-0.05, 0) is 24.3 Å². The molecular formula is C17H12ClN3S. The van der Waals surface area contributed by atoms with E-state index in [9.17, 15) is 5.26 Å². The molecule has 0 saturated heterocycles. The second-order valence-electron chi connectivity index (χ2n) is 4.73. The number of hydrogen-bond acceptors (Lipinski definition) is 4. The number of aromatic nitrogens is 1. The van der Waals surface area contributed by atoms with Gasteiger partial charge in [0.05, 0.1) is 11.4 Å². The first-order valence-corrected chi connectivity index (χ1v) is 7.88. The Morgan fingerprint density at radius 2 is 2.05 bits per heavy atom. The molecule has 22 heavy (non-hydrogen) atoms. The van der Waals surface area contributed by atoms with Crippen molar-refractivity contribution in [3.8, 4) is 17.3 Å². The smallest absolute Gasteiger partial charge is 0.136 e. The van der Waals surface area contributed by atoms with Gasteiger partial charge in [-0.25, -0.2) is 4.98 Å². The van der Waals surface area contributed by atoms with E-state index in [4.69, 9.17) is 11.6 Å². The topological polar surface area (TPSA) is 39.9 Å². The van der Waals surface area contributed by atoms with E-state index < -0.39 is 0 Å². The van der Waals surface area contributed by atoms with Crippen LogP contribution < -0.4 is 0 Å². The van der Waals surface area contributed by atoms with Crippen molar-refractivity contribution in [1.82, 2.24) is 9.88 Å². The Morgan fingerprint density at radius 3 is 2.73 bits per heavy atom. The highest BCUT2D eigenvalue weighted by atomic mass is 35.5. The number of allylic oxidation sites excluding steroid dienone is 4. The molecule has 1 aromatic heterocycles. The summed E-state index contributed by atoms with van der Waals surface area (Å²) in [5.74, 6) is 0. The predicted octanol–water partition coefficient (Wildman–Crippen LogP) is 4.71. The lowest BCUT2D eigenvalue weighted by molar-refractivity contribution is 0.587. The van der Waals surface area contributed by atoms with Crippen LogP contribution in [-0.4, -0.2) is 16.9 Å². The lowest BCUT2D eigenvalue weighted by Crippen LogP contribution is -2.12. The minimum absolute atomic E-state index is 0.577. The van der Waals surface area contributed by atoms with Crippen molar-refractivity contribution in [2.45, 2.75) is 0 Å². The molecule has 1 aromatic carbocycles. The van der Waals surface area contributed by atoms with Gasteiger partial charge >= 0.3 is 0 Å². The fraction of sp³-hybridized carbons (Fsp3) is 0.0588. The van der Waals surface area contributed by atoms with Crippen LogP contribution >= 0.6 is 22.9 Å². The number of benzene rings is 1. The normalized spacial score (nSPS) is 15.8. The van der Waals surface area contributed by atoms with Crippen LogP contribution in [-0.2, 0) is 0 Å². The molecule has 0 spiro atoms. The first-order chi connectivity index (χ1) is 10.7. The molecular weight excluding hydrogens is 314 g/mol. The molecule has 1 aliphatic heterocycles.